The molecular weight excluding hydrogens is 214 g/mol. The van der Waals surface area contributed by atoms with Crippen LogP contribution < -0.4 is 5.32 Å². The van der Waals surface area contributed by atoms with Crippen molar-refractivity contribution in [1.29, 1.82) is 0 Å². The highest BCUT2D eigenvalue weighted by atomic mass is 16.2. The predicted octanol–water partition coefficient (Wildman–Crippen LogP) is 2.40. The Morgan fingerprint density at radius 1 is 1.12 bits per heavy atom. The lowest BCUT2D eigenvalue weighted by Crippen LogP contribution is -2.23. The number of hydrogen-bond donors (Lipinski definition) is 1. The van der Waals surface area contributed by atoms with Crippen LogP contribution in [0.15, 0.2) is 18.2 Å². The molecule has 0 spiro atoms. The fraction of sp³-hybridized carbons (Fsp3) is 0.429. The maximum Gasteiger partial charge on any atom is 0.220 e. The van der Waals surface area contributed by atoms with Crippen LogP contribution in [0.5, 0.6) is 0 Å². The Bertz CT molecular complexity index is 424. The van der Waals surface area contributed by atoms with Gasteiger partial charge in [0.25, 0.3) is 0 Å². The molecule has 0 heterocycles. The van der Waals surface area contributed by atoms with Crippen molar-refractivity contribution in [3.63, 3.8) is 0 Å². The molecule has 1 amide bonds. The minimum atomic E-state index is -0.0651. The van der Waals surface area contributed by atoms with Gasteiger partial charge in [0.05, 0.1) is 0 Å². The molecule has 1 rings (SSSR count). The SMILES string of the molecule is CCNC(=O)CCC(=O)c1ccc(C)c(C)c1. The van der Waals surface area contributed by atoms with Crippen LogP contribution in [0.2, 0.25) is 0 Å². The van der Waals surface area contributed by atoms with E-state index in [0.29, 0.717) is 12.1 Å². The summed E-state index contributed by atoms with van der Waals surface area (Å²) in [5.74, 6) is -0.0379. The number of amides is 1. The molecule has 0 aliphatic rings. The third-order valence-electron chi connectivity index (χ3n) is 2.78. The molecule has 0 aromatic heterocycles. The number of Topliss-reactive ketones (excluding diaryl/α,β-unsaturated/α-hetero) is 1. The monoisotopic (exact) mass is 233 g/mol. The second kappa shape index (κ2) is 6.18. The second-order valence-corrected chi connectivity index (χ2v) is 4.18. The fourth-order valence-corrected chi connectivity index (χ4v) is 1.57. The summed E-state index contributed by atoms with van der Waals surface area (Å²) in [5, 5.41) is 2.68. The van der Waals surface area contributed by atoms with Crippen molar-refractivity contribution in [3.8, 4) is 0 Å². The Morgan fingerprint density at radius 2 is 1.82 bits per heavy atom. The summed E-state index contributed by atoms with van der Waals surface area (Å²) in [7, 11) is 0. The van der Waals surface area contributed by atoms with Gasteiger partial charge in [-0.05, 0) is 38.0 Å². The highest BCUT2D eigenvalue weighted by molar-refractivity contribution is 5.98. The Kier molecular flexibility index (Phi) is 4.88. The van der Waals surface area contributed by atoms with E-state index in [2.05, 4.69) is 5.32 Å². The van der Waals surface area contributed by atoms with Gasteiger partial charge in [-0.2, -0.15) is 0 Å². The lowest BCUT2D eigenvalue weighted by atomic mass is 10.0. The molecule has 92 valence electrons. The Hall–Kier alpha value is -1.64. The Labute approximate surface area is 102 Å². The lowest BCUT2D eigenvalue weighted by Gasteiger charge is -2.05. The molecule has 1 N–H and O–H groups in total. The first-order chi connectivity index (χ1) is 8.04. The molecule has 0 fully saturated rings. The van der Waals surface area contributed by atoms with E-state index >= 15 is 0 Å². The summed E-state index contributed by atoms with van der Waals surface area (Å²) in [4.78, 5) is 23.1. The van der Waals surface area contributed by atoms with Crippen LogP contribution in [0.1, 0.15) is 41.3 Å². The summed E-state index contributed by atoms with van der Waals surface area (Å²) < 4.78 is 0. The van der Waals surface area contributed by atoms with E-state index in [9.17, 15) is 9.59 Å². The highest BCUT2D eigenvalue weighted by Crippen LogP contribution is 2.12. The number of aryl methyl sites for hydroxylation is 2. The van der Waals surface area contributed by atoms with Gasteiger partial charge in [-0.3, -0.25) is 9.59 Å². The van der Waals surface area contributed by atoms with E-state index < -0.39 is 0 Å². The minimum Gasteiger partial charge on any atom is -0.356 e. The van der Waals surface area contributed by atoms with E-state index in [1.165, 1.54) is 5.56 Å². The number of nitrogens with one attached hydrogen (secondary N) is 1. The van der Waals surface area contributed by atoms with Gasteiger partial charge in [0.2, 0.25) is 5.91 Å². The number of hydrogen-bond acceptors (Lipinski definition) is 2. The van der Waals surface area contributed by atoms with Crippen LogP contribution in [0.25, 0.3) is 0 Å². The first-order valence-corrected chi connectivity index (χ1v) is 5.91. The van der Waals surface area contributed by atoms with E-state index in [1.54, 1.807) is 0 Å². The zero-order valence-electron chi connectivity index (χ0n) is 10.7. The average Bonchev–Trinajstić information content (AvgIpc) is 2.30. The van der Waals surface area contributed by atoms with Crippen LogP contribution in [0, 0.1) is 13.8 Å². The van der Waals surface area contributed by atoms with E-state index in [0.717, 1.165) is 5.56 Å². The normalized spacial score (nSPS) is 10.1. The summed E-state index contributed by atoms with van der Waals surface area (Å²) >= 11 is 0. The smallest absolute Gasteiger partial charge is 0.220 e. The molecule has 0 unspecified atom stereocenters. The number of benzene rings is 1. The zero-order chi connectivity index (χ0) is 12.8. The molecule has 3 heteroatoms. The molecule has 1 aromatic rings. The molecule has 0 aliphatic carbocycles. The molecular formula is C14H19NO2. The van der Waals surface area contributed by atoms with Crippen LogP contribution in [-0.2, 0) is 4.79 Å². The molecule has 0 bridgehead atoms. The summed E-state index contributed by atoms with van der Waals surface area (Å²) in [6.45, 7) is 6.47. The number of carbonyl (C=O) groups is 2. The molecule has 0 aliphatic heterocycles. The van der Waals surface area contributed by atoms with Crippen LogP contribution in [-0.4, -0.2) is 18.2 Å². The molecule has 0 saturated heterocycles. The maximum absolute atomic E-state index is 11.8. The van der Waals surface area contributed by atoms with Crippen molar-refractivity contribution in [2.75, 3.05) is 6.54 Å². The number of rotatable bonds is 5. The molecule has 0 radical (unpaired) electrons. The van der Waals surface area contributed by atoms with Gasteiger partial charge in [0, 0.05) is 24.9 Å². The molecule has 0 atom stereocenters. The standard InChI is InChI=1S/C14H19NO2/c1-4-15-14(17)8-7-13(16)12-6-5-10(2)11(3)9-12/h5-6,9H,4,7-8H2,1-3H3,(H,15,17). The summed E-state index contributed by atoms with van der Waals surface area (Å²) in [6, 6.07) is 5.65. The van der Waals surface area contributed by atoms with Crippen LogP contribution >= 0.6 is 0 Å². The summed E-state index contributed by atoms with van der Waals surface area (Å²) in [5.41, 5.74) is 2.97. The first kappa shape index (κ1) is 13.4. The second-order valence-electron chi connectivity index (χ2n) is 4.18. The first-order valence-electron chi connectivity index (χ1n) is 5.91. The third kappa shape index (κ3) is 4.02. The highest BCUT2D eigenvalue weighted by Gasteiger charge is 2.09. The van der Waals surface area contributed by atoms with Crippen molar-refractivity contribution < 1.29 is 9.59 Å². The van der Waals surface area contributed by atoms with Crippen molar-refractivity contribution in [1.82, 2.24) is 5.32 Å². The summed E-state index contributed by atoms with van der Waals surface area (Å²) in [6.07, 6.45) is 0.536. The molecule has 1 aromatic carbocycles. The number of ketones is 1. The van der Waals surface area contributed by atoms with Crippen molar-refractivity contribution in [3.05, 3.63) is 34.9 Å². The molecule has 0 saturated carbocycles. The van der Waals surface area contributed by atoms with E-state index in [-0.39, 0.29) is 24.5 Å². The predicted molar refractivity (Wildman–Crippen MR) is 68.2 cm³/mol. The largest absolute Gasteiger partial charge is 0.356 e. The van der Waals surface area contributed by atoms with Gasteiger partial charge in [-0.1, -0.05) is 12.1 Å². The van der Waals surface area contributed by atoms with Crippen molar-refractivity contribution in [2.24, 2.45) is 0 Å². The number of carbonyl (C=O) groups excluding carboxylic acids is 2. The van der Waals surface area contributed by atoms with Gasteiger partial charge in [-0.25, -0.2) is 0 Å². The maximum atomic E-state index is 11.8. The average molecular weight is 233 g/mol. The van der Waals surface area contributed by atoms with Gasteiger partial charge in [0.15, 0.2) is 5.78 Å². The molecule has 3 nitrogen and oxygen atoms in total. The van der Waals surface area contributed by atoms with Crippen molar-refractivity contribution >= 4 is 11.7 Å². The van der Waals surface area contributed by atoms with Crippen LogP contribution in [0.3, 0.4) is 0 Å². The zero-order valence-corrected chi connectivity index (χ0v) is 10.7. The van der Waals surface area contributed by atoms with Gasteiger partial charge in [0.1, 0.15) is 0 Å². The lowest BCUT2D eigenvalue weighted by molar-refractivity contribution is -0.120. The Morgan fingerprint density at radius 3 is 2.41 bits per heavy atom. The third-order valence-corrected chi connectivity index (χ3v) is 2.78. The van der Waals surface area contributed by atoms with E-state index in [1.807, 2.05) is 39.0 Å². The van der Waals surface area contributed by atoms with Crippen molar-refractivity contribution in [2.45, 2.75) is 33.6 Å². The quantitative estimate of drug-likeness (QED) is 0.794. The van der Waals surface area contributed by atoms with Crippen LogP contribution in [0.4, 0.5) is 0 Å². The Balaban J connectivity index is 2.58. The molecule has 17 heavy (non-hydrogen) atoms. The van der Waals surface area contributed by atoms with Gasteiger partial charge < -0.3 is 5.32 Å². The minimum absolute atomic E-state index is 0.0272. The topological polar surface area (TPSA) is 46.2 Å². The fourth-order valence-electron chi connectivity index (χ4n) is 1.57. The van der Waals surface area contributed by atoms with Gasteiger partial charge >= 0.3 is 0 Å². The van der Waals surface area contributed by atoms with E-state index in [4.69, 9.17) is 0 Å². The van der Waals surface area contributed by atoms with Gasteiger partial charge in [-0.15, -0.1) is 0 Å².